The van der Waals surface area contributed by atoms with E-state index in [1.54, 1.807) is 31.7 Å². The minimum Gasteiger partial charge on any atom is -0.478 e. The van der Waals surface area contributed by atoms with Gasteiger partial charge in [0, 0.05) is 30.5 Å². The number of nitrogens with zero attached hydrogens (tertiary/aromatic N) is 2. The molecule has 0 saturated heterocycles. The number of hydrogen-bond acceptors (Lipinski definition) is 5. The third-order valence-electron chi connectivity index (χ3n) is 3.86. The van der Waals surface area contributed by atoms with E-state index in [1.807, 2.05) is 22.8 Å². The molecule has 2 aromatic rings. The number of carbonyl (C=O) groups is 2. The molecule has 1 aliphatic rings. The normalized spacial score (nSPS) is 16.4. The summed E-state index contributed by atoms with van der Waals surface area (Å²) in [6.07, 6.45) is 7.97. The van der Waals surface area contributed by atoms with Gasteiger partial charge in [0.25, 0.3) is 0 Å². The van der Waals surface area contributed by atoms with Crippen molar-refractivity contribution in [2.45, 2.75) is 12.8 Å². The Morgan fingerprint density at radius 1 is 1.32 bits per heavy atom. The van der Waals surface area contributed by atoms with Gasteiger partial charge in [-0.05, 0) is 24.6 Å². The van der Waals surface area contributed by atoms with E-state index in [0.717, 1.165) is 5.69 Å². The molecule has 128 valence electrons. The van der Waals surface area contributed by atoms with E-state index in [2.05, 4.69) is 10.3 Å². The van der Waals surface area contributed by atoms with Gasteiger partial charge in [0.1, 0.15) is 0 Å². The van der Waals surface area contributed by atoms with Gasteiger partial charge in [-0.2, -0.15) is 0 Å². The number of imidazole rings is 1. The number of rotatable bonds is 5. The van der Waals surface area contributed by atoms with E-state index in [1.165, 1.54) is 12.4 Å². The van der Waals surface area contributed by atoms with Crippen molar-refractivity contribution in [2.75, 3.05) is 6.61 Å². The van der Waals surface area contributed by atoms with Crippen molar-refractivity contribution < 1.29 is 19.4 Å². The van der Waals surface area contributed by atoms with Crippen molar-refractivity contribution in [1.29, 1.82) is 0 Å². The van der Waals surface area contributed by atoms with Crippen LogP contribution in [0.2, 0.25) is 0 Å². The predicted molar refractivity (Wildman–Crippen MR) is 89.9 cm³/mol. The van der Waals surface area contributed by atoms with Gasteiger partial charge in [-0.1, -0.05) is 12.1 Å². The van der Waals surface area contributed by atoms with Crippen LogP contribution < -0.4 is 5.32 Å². The van der Waals surface area contributed by atoms with Crippen molar-refractivity contribution in [3.63, 3.8) is 0 Å². The molecule has 1 aliphatic heterocycles. The molecule has 1 aromatic heterocycles. The second-order valence-electron chi connectivity index (χ2n) is 5.39. The monoisotopic (exact) mass is 339 g/mol. The van der Waals surface area contributed by atoms with Gasteiger partial charge in [-0.3, -0.25) is 0 Å². The number of hydrogen-bond donors (Lipinski definition) is 2. The predicted octanol–water partition coefficient (Wildman–Crippen LogP) is 1.97. The average Bonchev–Trinajstić information content (AvgIpc) is 3.16. The van der Waals surface area contributed by atoms with Crippen LogP contribution in [0, 0.1) is 0 Å². The Balaban J connectivity index is 2.06. The number of nitrogens with one attached hydrogen (secondary N) is 1. The molecular formula is C18H17N3O4. The van der Waals surface area contributed by atoms with Crippen LogP contribution in [0.5, 0.6) is 0 Å². The maximum atomic E-state index is 12.3. The minimum absolute atomic E-state index is 0.0772. The first-order valence-corrected chi connectivity index (χ1v) is 7.76. The van der Waals surface area contributed by atoms with E-state index >= 15 is 0 Å². The number of aliphatic carboxylic acids is 1. The van der Waals surface area contributed by atoms with Crippen molar-refractivity contribution in [2.24, 2.45) is 0 Å². The summed E-state index contributed by atoms with van der Waals surface area (Å²) in [7, 11) is 0. The van der Waals surface area contributed by atoms with Crippen molar-refractivity contribution in [3.05, 3.63) is 72.1 Å². The standard InChI is InChI=1S/C18H17N3O4/c1-2-25-18(24)15-10-20-9-14(17(22)23)16(15)12-4-3-5-13(8-12)21-7-6-19-11-21/h3-11,16,20H,2H2,1H3,(H,22,23). The Bertz CT molecular complexity index is 853. The van der Waals surface area contributed by atoms with Crippen LogP contribution in [0.15, 0.2) is 66.5 Å². The zero-order chi connectivity index (χ0) is 17.8. The van der Waals surface area contributed by atoms with Gasteiger partial charge >= 0.3 is 11.9 Å². The smallest absolute Gasteiger partial charge is 0.336 e. The molecule has 0 radical (unpaired) electrons. The first-order chi connectivity index (χ1) is 12.1. The summed E-state index contributed by atoms with van der Waals surface area (Å²) in [5.41, 5.74) is 1.83. The van der Waals surface area contributed by atoms with Gasteiger partial charge in [0.2, 0.25) is 0 Å². The molecule has 7 heteroatoms. The molecule has 0 bridgehead atoms. The lowest BCUT2D eigenvalue weighted by atomic mass is 9.83. The van der Waals surface area contributed by atoms with Gasteiger partial charge in [0.15, 0.2) is 0 Å². The quantitative estimate of drug-likeness (QED) is 0.809. The Morgan fingerprint density at radius 3 is 2.80 bits per heavy atom. The highest BCUT2D eigenvalue weighted by Crippen LogP contribution is 2.35. The maximum absolute atomic E-state index is 12.3. The molecule has 0 spiro atoms. The van der Waals surface area contributed by atoms with Gasteiger partial charge in [0.05, 0.1) is 30.0 Å². The van der Waals surface area contributed by atoms with Crippen LogP contribution in [-0.2, 0) is 14.3 Å². The summed E-state index contributed by atoms with van der Waals surface area (Å²) in [6, 6.07) is 7.32. The molecule has 0 fully saturated rings. The molecule has 25 heavy (non-hydrogen) atoms. The Hall–Kier alpha value is -3.35. The number of carboxylic acid groups (broad SMARTS) is 1. The van der Waals surface area contributed by atoms with Crippen LogP contribution >= 0.6 is 0 Å². The van der Waals surface area contributed by atoms with Crippen molar-refractivity contribution in [1.82, 2.24) is 14.9 Å². The summed E-state index contributed by atoms with van der Waals surface area (Å²) >= 11 is 0. The number of aromatic nitrogens is 2. The molecule has 2 N–H and O–H groups in total. The molecule has 3 rings (SSSR count). The highest BCUT2D eigenvalue weighted by Gasteiger charge is 2.33. The lowest BCUT2D eigenvalue weighted by Gasteiger charge is -2.24. The zero-order valence-electron chi connectivity index (χ0n) is 13.5. The molecule has 2 heterocycles. The van der Waals surface area contributed by atoms with E-state index in [-0.39, 0.29) is 17.8 Å². The van der Waals surface area contributed by atoms with Crippen LogP contribution in [-0.4, -0.2) is 33.2 Å². The van der Waals surface area contributed by atoms with E-state index < -0.39 is 17.9 Å². The average molecular weight is 339 g/mol. The van der Waals surface area contributed by atoms with Crippen LogP contribution in [0.25, 0.3) is 5.69 Å². The molecule has 1 unspecified atom stereocenters. The first kappa shape index (κ1) is 16.5. The van der Waals surface area contributed by atoms with Gasteiger partial charge < -0.3 is 19.7 Å². The minimum atomic E-state index is -1.10. The topological polar surface area (TPSA) is 93.5 Å². The lowest BCUT2D eigenvalue weighted by molar-refractivity contribution is -0.138. The summed E-state index contributed by atoms with van der Waals surface area (Å²) in [5.74, 6) is -2.36. The number of carboxylic acids is 1. The van der Waals surface area contributed by atoms with Crippen LogP contribution in [0.4, 0.5) is 0 Å². The molecule has 1 aromatic carbocycles. The molecular weight excluding hydrogens is 322 g/mol. The Labute approximate surface area is 144 Å². The molecule has 0 amide bonds. The fourth-order valence-electron chi connectivity index (χ4n) is 2.77. The van der Waals surface area contributed by atoms with Crippen molar-refractivity contribution >= 4 is 11.9 Å². The number of dihydropyridines is 1. The molecule has 0 saturated carbocycles. The zero-order valence-corrected chi connectivity index (χ0v) is 13.5. The van der Waals surface area contributed by atoms with Crippen LogP contribution in [0.3, 0.4) is 0 Å². The molecule has 7 nitrogen and oxygen atoms in total. The summed E-state index contributed by atoms with van der Waals surface area (Å²) < 4.78 is 6.89. The second-order valence-corrected chi connectivity index (χ2v) is 5.39. The van der Waals surface area contributed by atoms with Gasteiger partial charge in [-0.15, -0.1) is 0 Å². The Kier molecular flexibility index (Phi) is 4.65. The fourth-order valence-corrected chi connectivity index (χ4v) is 2.77. The maximum Gasteiger partial charge on any atom is 0.336 e. The first-order valence-electron chi connectivity index (χ1n) is 7.76. The number of carbonyl (C=O) groups excluding carboxylic acids is 1. The van der Waals surface area contributed by atoms with E-state index in [9.17, 15) is 14.7 Å². The third kappa shape index (κ3) is 3.30. The lowest BCUT2D eigenvalue weighted by Crippen LogP contribution is -2.26. The second kappa shape index (κ2) is 7.04. The number of benzene rings is 1. The van der Waals surface area contributed by atoms with E-state index in [0.29, 0.717) is 5.56 Å². The summed E-state index contributed by atoms with van der Waals surface area (Å²) in [4.78, 5) is 28.0. The highest BCUT2D eigenvalue weighted by atomic mass is 16.5. The van der Waals surface area contributed by atoms with Crippen molar-refractivity contribution in [3.8, 4) is 5.69 Å². The summed E-state index contributed by atoms with van der Waals surface area (Å²) in [5, 5.41) is 12.3. The number of esters is 1. The fraction of sp³-hybridized carbons (Fsp3) is 0.167. The molecule has 0 aliphatic carbocycles. The highest BCUT2D eigenvalue weighted by molar-refractivity contribution is 5.98. The van der Waals surface area contributed by atoms with E-state index in [4.69, 9.17) is 4.74 Å². The summed E-state index contributed by atoms with van der Waals surface area (Å²) in [6.45, 7) is 1.92. The van der Waals surface area contributed by atoms with Gasteiger partial charge in [-0.25, -0.2) is 14.6 Å². The number of ether oxygens (including phenoxy) is 1. The largest absolute Gasteiger partial charge is 0.478 e. The Morgan fingerprint density at radius 2 is 2.12 bits per heavy atom. The third-order valence-corrected chi connectivity index (χ3v) is 3.86. The SMILES string of the molecule is CCOC(=O)C1=CNC=C(C(=O)O)C1c1cccc(-n2ccnc2)c1. The molecule has 1 atom stereocenters. The van der Waals surface area contributed by atoms with Crippen LogP contribution in [0.1, 0.15) is 18.4 Å².